The molecule has 0 saturated carbocycles. The van der Waals surface area contributed by atoms with Crippen molar-refractivity contribution in [1.29, 1.82) is 0 Å². The molecule has 0 aromatic heterocycles. The minimum Gasteiger partial charge on any atom is -0.311 e. The van der Waals surface area contributed by atoms with Crippen LogP contribution in [0.15, 0.2) is 47.4 Å². The lowest BCUT2D eigenvalue weighted by Gasteiger charge is -2.24. The first-order valence-corrected chi connectivity index (χ1v) is 8.92. The minimum absolute atomic E-state index is 0. The number of sulfonamides is 1. The number of hydrogen-bond donors (Lipinski definition) is 1. The van der Waals surface area contributed by atoms with Gasteiger partial charge in [0, 0.05) is 31.3 Å². The van der Waals surface area contributed by atoms with Gasteiger partial charge in [-0.05, 0) is 24.6 Å². The fraction of sp³-hybridized carbons (Fsp3) is 0.250. The van der Waals surface area contributed by atoms with E-state index in [4.69, 9.17) is 0 Å². The topological polar surface area (TPSA) is 92.5 Å². The van der Waals surface area contributed by atoms with Crippen LogP contribution >= 0.6 is 12.4 Å². The van der Waals surface area contributed by atoms with Crippen molar-refractivity contribution in [3.05, 3.63) is 63.7 Å². The van der Waals surface area contributed by atoms with Gasteiger partial charge in [-0.1, -0.05) is 24.3 Å². The second-order valence-corrected chi connectivity index (χ2v) is 7.37. The Morgan fingerprint density at radius 2 is 1.88 bits per heavy atom. The van der Waals surface area contributed by atoms with E-state index in [9.17, 15) is 18.5 Å². The van der Waals surface area contributed by atoms with Crippen molar-refractivity contribution in [3.63, 3.8) is 0 Å². The standard InChI is InChI=1S/C16H17N3O4S.ClH/c1-12-14(19(20)21)7-4-8-16(12)24(22,23)18-10-9-17-11-13-5-2-3-6-15(13)18;/h2-8,17H,9-11H2,1H3;1H. The summed E-state index contributed by atoms with van der Waals surface area (Å²) < 4.78 is 27.7. The summed E-state index contributed by atoms with van der Waals surface area (Å²) in [5.41, 5.74) is 1.43. The van der Waals surface area contributed by atoms with Gasteiger partial charge in [0.2, 0.25) is 0 Å². The highest BCUT2D eigenvalue weighted by molar-refractivity contribution is 7.92. The van der Waals surface area contributed by atoms with E-state index in [1.165, 1.54) is 29.4 Å². The third-order valence-corrected chi connectivity index (χ3v) is 6.05. The first kappa shape index (κ1) is 19.2. The first-order chi connectivity index (χ1) is 11.4. The number of anilines is 1. The van der Waals surface area contributed by atoms with E-state index in [1.54, 1.807) is 12.1 Å². The third-order valence-electron chi connectivity index (χ3n) is 4.09. The largest absolute Gasteiger partial charge is 0.311 e. The van der Waals surface area contributed by atoms with Gasteiger partial charge >= 0.3 is 0 Å². The molecule has 0 atom stereocenters. The van der Waals surface area contributed by atoms with Gasteiger partial charge in [0.15, 0.2) is 0 Å². The number of nitro benzene ring substituents is 1. The van der Waals surface area contributed by atoms with Gasteiger partial charge < -0.3 is 5.32 Å². The van der Waals surface area contributed by atoms with Crippen molar-refractivity contribution in [1.82, 2.24) is 5.32 Å². The number of nitro groups is 1. The molecule has 0 aliphatic carbocycles. The summed E-state index contributed by atoms with van der Waals surface area (Å²) in [7, 11) is -3.90. The third kappa shape index (κ3) is 3.46. The number of rotatable bonds is 3. The Morgan fingerprint density at radius 1 is 1.16 bits per heavy atom. The highest BCUT2D eigenvalue weighted by atomic mass is 35.5. The van der Waals surface area contributed by atoms with E-state index in [0.717, 1.165) is 5.56 Å². The van der Waals surface area contributed by atoms with E-state index in [0.29, 0.717) is 18.8 Å². The Balaban J connectivity index is 0.00000225. The van der Waals surface area contributed by atoms with Crippen molar-refractivity contribution in [2.45, 2.75) is 18.4 Å². The predicted octanol–water partition coefficient (Wildman–Crippen LogP) is 2.62. The molecule has 25 heavy (non-hydrogen) atoms. The maximum Gasteiger partial charge on any atom is 0.273 e. The molecule has 0 fully saturated rings. The van der Waals surface area contributed by atoms with E-state index in [1.807, 2.05) is 12.1 Å². The molecule has 2 aromatic rings. The fourth-order valence-electron chi connectivity index (χ4n) is 2.88. The lowest BCUT2D eigenvalue weighted by molar-refractivity contribution is -0.385. The minimum atomic E-state index is -3.90. The molecule has 134 valence electrons. The van der Waals surface area contributed by atoms with Crippen molar-refractivity contribution < 1.29 is 13.3 Å². The molecule has 2 aromatic carbocycles. The van der Waals surface area contributed by atoms with Crippen LogP contribution in [0.4, 0.5) is 11.4 Å². The van der Waals surface area contributed by atoms with Crippen molar-refractivity contribution in [2.75, 3.05) is 17.4 Å². The molecule has 0 unspecified atom stereocenters. The van der Waals surface area contributed by atoms with Crippen LogP contribution in [0.2, 0.25) is 0 Å². The number of benzene rings is 2. The van der Waals surface area contributed by atoms with Gasteiger partial charge in [-0.2, -0.15) is 0 Å². The normalized spacial score (nSPS) is 14.2. The SMILES string of the molecule is Cc1c([N+](=O)[O-])cccc1S(=O)(=O)N1CCNCc2ccccc21.Cl. The van der Waals surface area contributed by atoms with Gasteiger partial charge in [0.25, 0.3) is 15.7 Å². The smallest absolute Gasteiger partial charge is 0.273 e. The number of nitrogens with zero attached hydrogens (tertiary/aromatic N) is 2. The van der Waals surface area contributed by atoms with Crippen molar-refractivity contribution >= 4 is 33.8 Å². The van der Waals surface area contributed by atoms with Crippen LogP contribution < -0.4 is 9.62 Å². The molecule has 1 aliphatic heterocycles. The number of para-hydroxylation sites is 1. The van der Waals surface area contributed by atoms with Gasteiger partial charge in [0.1, 0.15) is 0 Å². The monoisotopic (exact) mass is 383 g/mol. The maximum absolute atomic E-state index is 13.2. The van der Waals surface area contributed by atoms with E-state index in [-0.39, 0.29) is 35.1 Å². The molecule has 0 amide bonds. The van der Waals surface area contributed by atoms with Crippen LogP contribution in [0.3, 0.4) is 0 Å². The summed E-state index contributed by atoms with van der Waals surface area (Å²) in [5.74, 6) is 0. The Kier molecular flexibility index (Phi) is 5.66. The zero-order valence-corrected chi connectivity index (χ0v) is 15.1. The van der Waals surface area contributed by atoms with Crippen LogP contribution in [-0.4, -0.2) is 26.4 Å². The molecule has 0 radical (unpaired) electrons. The summed E-state index contributed by atoms with van der Waals surface area (Å²) in [5, 5.41) is 14.3. The first-order valence-electron chi connectivity index (χ1n) is 7.48. The van der Waals surface area contributed by atoms with Gasteiger partial charge in [-0.25, -0.2) is 8.42 Å². The van der Waals surface area contributed by atoms with E-state index in [2.05, 4.69) is 5.32 Å². The second kappa shape index (κ2) is 7.38. The van der Waals surface area contributed by atoms with E-state index >= 15 is 0 Å². The molecule has 0 spiro atoms. The molecule has 0 bridgehead atoms. The van der Waals surface area contributed by atoms with Crippen LogP contribution in [-0.2, 0) is 16.6 Å². The zero-order valence-electron chi connectivity index (χ0n) is 13.5. The Morgan fingerprint density at radius 3 is 2.60 bits per heavy atom. The summed E-state index contributed by atoms with van der Waals surface area (Å²) in [6.45, 7) is 2.81. The molecule has 1 heterocycles. The quantitative estimate of drug-likeness (QED) is 0.649. The molecule has 9 heteroatoms. The highest BCUT2D eigenvalue weighted by Gasteiger charge is 2.31. The highest BCUT2D eigenvalue weighted by Crippen LogP contribution is 2.32. The van der Waals surface area contributed by atoms with Crippen molar-refractivity contribution in [3.8, 4) is 0 Å². The zero-order chi connectivity index (χ0) is 17.3. The van der Waals surface area contributed by atoms with Crippen LogP contribution in [0.5, 0.6) is 0 Å². The van der Waals surface area contributed by atoms with Gasteiger partial charge in [-0.3, -0.25) is 14.4 Å². The van der Waals surface area contributed by atoms with Crippen LogP contribution in [0, 0.1) is 17.0 Å². The summed E-state index contributed by atoms with van der Waals surface area (Å²) in [6.07, 6.45) is 0. The number of fused-ring (bicyclic) bond motifs is 1. The number of hydrogen-bond acceptors (Lipinski definition) is 5. The molecular weight excluding hydrogens is 366 g/mol. The van der Waals surface area contributed by atoms with Gasteiger partial charge in [0.05, 0.1) is 15.5 Å². The average molecular weight is 384 g/mol. The number of halogens is 1. The summed E-state index contributed by atoms with van der Waals surface area (Å²) >= 11 is 0. The van der Waals surface area contributed by atoms with Gasteiger partial charge in [-0.15, -0.1) is 12.4 Å². The van der Waals surface area contributed by atoms with Crippen molar-refractivity contribution in [2.24, 2.45) is 0 Å². The Labute approximate surface area is 152 Å². The van der Waals surface area contributed by atoms with E-state index < -0.39 is 14.9 Å². The lowest BCUT2D eigenvalue weighted by Crippen LogP contribution is -2.35. The predicted molar refractivity (Wildman–Crippen MR) is 97.8 cm³/mol. The summed E-state index contributed by atoms with van der Waals surface area (Å²) in [6, 6.07) is 11.4. The molecule has 0 saturated heterocycles. The summed E-state index contributed by atoms with van der Waals surface area (Å²) in [4.78, 5) is 10.5. The molecule has 3 rings (SSSR count). The average Bonchev–Trinajstić information content (AvgIpc) is 2.77. The number of nitrogens with one attached hydrogen (secondary N) is 1. The fourth-order valence-corrected chi connectivity index (χ4v) is 4.62. The second-order valence-electron chi connectivity index (χ2n) is 5.54. The molecule has 1 aliphatic rings. The van der Waals surface area contributed by atoms with Crippen LogP contribution in [0.25, 0.3) is 0 Å². The maximum atomic E-state index is 13.2. The Bertz CT molecular complexity index is 902. The molecule has 7 nitrogen and oxygen atoms in total. The Hall–Kier alpha value is -2.16. The molecule has 1 N–H and O–H groups in total. The molecular formula is C16H18ClN3O4S. The van der Waals surface area contributed by atoms with Crippen LogP contribution in [0.1, 0.15) is 11.1 Å². The lowest BCUT2D eigenvalue weighted by atomic mass is 10.2.